The van der Waals surface area contributed by atoms with Crippen LogP contribution in [0.1, 0.15) is 11.1 Å². The molecule has 3 aromatic carbocycles. The number of nitro groups is 1. The van der Waals surface area contributed by atoms with Crippen LogP contribution in [0, 0.1) is 10.1 Å². The highest BCUT2D eigenvalue weighted by Gasteiger charge is 2.28. The fourth-order valence-corrected chi connectivity index (χ4v) is 4.67. The number of rotatable bonds is 11. The molecule has 0 aliphatic heterocycles. The number of nitro benzene ring substituents is 1. The molecule has 36 heavy (non-hydrogen) atoms. The Kier molecular flexibility index (Phi) is 8.71. The van der Waals surface area contributed by atoms with Crippen LogP contribution in [-0.2, 0) is 21.4 Å². The SMILES string of the molecule is COc1ccc(S(=O)(=O)N(CC(=O)N/N=C\c2ccccc2[N+](=O)[O-])Cc2ccccc2)cc1OC. The van der Waals surface area contributed by atoms with E-state index in [2.05, 4.69) is 10.5 Å². The molecule has 0 saturated carbocycles. The van der Waals surface area contributed by atoms with Crippen molar-refractivity contribution in [2.24, 2.45) is 5.10 Å². The summed E-state index contributed by atoms with van der Waals surface area (Å²) in [7, 11) is -1.33. The number of ether oxygens (including phenoxy) is 2. The number of hydrazone groups is 1. The van der Waals surface area contributed by atoms with E-state index < -0.39 is 27.4 Å². The zero-order valence-corrected chi connectivity index (χ0v) is 20.3. The maximum absolute atomic E-state index is 13.5. The number of para-hydroxylation sites is 1. The molecule has 0 aliphatic rings. The number of hydrogen-bond donors (Lipinski definition) is 1. The molecule has 0 heterocycles. The standard InChI is InChI=1S/C24H24N4O7S/c1-34-22-13-12-20(14-23(22)35-2)36(32,33)27(16-18-8-4-3-5-9-18)17-24(29)26-25-15-19-10-6-7-11-21(19)28(30)31/h3-15H,16-17H2,1-2H3,(H,26,29)/b25-15-. The highest BCUT2D eigenvalue weighted by molar-refractivity contribution is 7.89. The van der Waals surface area contributed by atoms with E-state index in [1.54, 1.807) is 36.4 Å². The number of benzene rings is 3. The van der Waals surface area contributed by atoms with E-state index in [4.69, 9.17) is 9.47 Å². The summed E-state index contributed by atoms with van der Waals surface area (Å²) >= 11 is 0. The van der Waals surface area contributed by atoms with Gasteiger partial charge in [-0.25, -0.2) is 13.8 Å². The van der Waals surface area contributed by atoms with Crippen molar-refractivity contribution >= 4 is 27.8 Å². The molecule has 3 rings (SSSR count). The van der Waals surface area contributed by atoms with E-state index in [1.807, 2.05) is 0 Å². The largest absolute Gasteiger partial charge is 0.493 e. The van der Waals surface area contributed by atoms with Crippen LogP contribution in [0.25, 0.3) is 0 Å². The van der Waals surface area contributed by atoms with Gasteiger partial charge in [0.1, 0.15) is 0 Å². The van der Waals surface area contributed by atoms with E-state index >= 15 is 0 Å². The number of methoxy groups -OCH3 is 2. The average Bonchev–Trinajstić information content (AvgIpc) is 2.88. The lowest BCUT2D eigenvalue weighted by atomic mass is 10.2. The van der Waals surface area contributed by atoms with Gasteiger partial charge in [-0.3, -0.25) is 14.9 Å². The molecular weight excluding hydrogens is 488 g/mol. The normalized spacial score (nSPS) is 11.4. The second-order valence-electron chi connectivity index (χ2n) is 7.38. The number of amides is 1. The van der Waals surface area contributed by atoms with Crippen LogP contribution in [0.2, 0.25) is 0 Å². The summed E-state index contributed by atoms with van der Waals surface area (Å²) in [4.78, 5) is 23.1. The predicted molar refractivity (Wildman–Crippen MR) is 132 cm³/mol. The van der Waals surface area contributed by atoms with Gasteiger partial charge in [-0.15, -0.1) is 0 Å². The molecule has 0 spiro atoms. The second-order valence-corrected chi connectivity index (χ2v) is 9.32. The van der Waals surface area contributed by atoms with Crippen LogP contribution in [0.5, 0.6) is 11.5 Å². The molecular formula is C24H24N4O7S. The molecule has 0 aliphatic carbocycles. The number of nitrogens with one attached hydrogen (secondary N) is 1. The van der Waals surface area contributed by atoms with E-state index in [9.17, 15) is 23.3 Å². The van der Waals surface area contributed by atoms with Gasteiger partial charge in [0, 0.05) is 18.7 Å². The molecule has 11 nitrogen and oxygen atoms in total. The smallest absolute Gasteiger partial charge is 0.278 e. The van der Waals surface area contributed by atoms with Crippen LogP contribution in [0.3, 0.4) is 0 Å². The molecule has 0 unspecified atom stereocenters. The Hall–Kier alpha value is -4.29. The highest BCUT2D eigenvalue weighted by atomic mass is 32.2. The Balaban J connectivity index is 1.85. The first kappa shape index (κ1) is 26.3. The van der Waals surface area contributed by atoms with Gasteiger partial charge in [0.25, 0.3) is 11.6 Å². The van der Waals surface area contributed by atoms with Crippen molar-refractivity contribution in [1.29, 1.82) is 0 Å². The van der Waals surface area contributed by atoms with Crippen molar-refractivity contribution in [2.75, 3.05) is 20.8 Å². The summed E-state index contributed by atoms with van der Waals surface area (Å²) in [6.45, 7) is -0.640. The molecule has 0 radical (unpaired) electrons. The molecule has 0 fully saturated rings. The Morgan fingerprint density at radius 3 is 2.36 bits per heavy atom. The summed E-state index contributed by atoms with van der Waals surface area (Å²) in [5, 5.41) is 14.9. The Morgan fingerprint density at radius 2 is 1.69 bits per heavy atom. The first-order chi connectivity index (χ1) is 17.3. The zero-order chi connectivity index (χ0) is 26.1. The number of carbonyl (C=O) groups excluding carboxylic acids is 1. The maximum Gasteiger partial charge on any atom is 0.278 e. The predicted octanol–water partition coefficient (Wildman–Crippen LogP) is 2.95. The molecule has 12 heteroatoms. The monoisotopic (exact) mass is 512 g/mol. The van der Waals surface area contributed by atoms with E-state index in [-0.39, 0.29) is 28.4 Å². The molecule has 188 valence electrons. The third-order valence-electron chi connectivity index (χ3n) is 5.04. The molecule has 0 saturated heterocycles. The fraction of sp³-hybridized carbons (Fsp3) is 0.167. The Bertz CT molecular complexity index is 1360. The van der Waals surface area contributed by atoms with Gasteiger partial charge in [-0.1, -0.05) is 42.5 Å². The Morgan fingerprint density at radius 1 is 1.03 bits per heavy atom. The van der Waals surface area contributed by atoms with Crippen molar-refractivity contribution in [3.63, 3.8) is 0 Å². The van der Waals surface area contributed by atoms with Gasteiger partial charge in [-0.2, -0.15) is 9.41 Å². The van der Waals surface area contributed by atoms with Gasteiger partial charge in [0.15, 0.2) is 11.5 Å². The van der Waals surface area contributed by atoms with Crippen molar-refractivity contribution in [1.82, 2.24) is 9.73 Å². The molecule has 1 N–H and O–H groups in total. The lowest BCUT2D eigenvalue weighted by molar-refractivity contribution is -0.385. The van der Waals surface area contributed by atoms with Crippen molar-refractivity contribution in [3.8, 4) is 11.5 Å². The van der Waals surface area contributed by atoms with E-state index in [0.29, 0.717) is 11.3 Å². The van der Waals surface area contributed by atoms with E-state index in [0.717, 1.165) is 10.5 Å². The molecule has 1 amide bonds. The minimum absolute atomic E-state index is 0.0845. The minimum Gasteiger partial charge on any atom is -0.493 e. The van der Waals surface area contributed by atoms with E-state index in [1.165, 1.54) is 50.6 Å². The maximum atomic E-state index is 13.5. The van der Waals surface area contributed by atoms with Crippen LogP contribution < -0.4 is 14.9 Å². The third kappa shape index (κ3) is 6.43. The first-order valence-corrected chi connectivity index (χ1v) is 12.0. The fourth-order valence-electron chi connectivity index (χ4n) is 3.27. The number of sulfonamides is 1. The van der Waals surface area contributed by atoms with Gasteiger partial charge in [-0.05, 0) is 23.8 Å². The van der Waals surface area contributed by atoms with Crippen molar-refractivity contribution in [2.45, 2.75) is 11.4 Å². The van der Waals surface area contributed by atoms with Crippen LogP contribution in [0.15, 0.2) is 82.8 Å². The lowest BCUT2D eigenvalue weighted by Crippen LogP contribution is -2.39. The summed E-state index contributed by atoms with van der Waals surface area (Å²) < 4.78 is 38.4. The highest BCUT2D eigenvalue weighted by Crippen LogP contribution is 2.31. The molecule has 0 atom stereocenters. The number of hydrogen-bond acceptors (Lipinski definition) is 8. The number of carbonyl (C=O) groups is 1. The van der Waals surface area contributed by atoms with Crippen molar-refractivity contribution < 1.29 is 27.6 Å². The summed E-state index contributed by atoms with van der Waals surface area (Å²) in [5.41, 5.74) is 2.90. The molecule has 0 aromatic heterocycles. The Labute approximate surface area is 208 Å². The number of nitrogens with zero attached hydrogens (tertiary/aromatic N) is 3. The molecule has 3 aromatic rings. The summed E-state index contributed by atoms with van der Waals surface area (Å²) in [6, 6.07) is 18.8. The second kappa shape index (κ2) is 11.9. The van der Waals surface area contributed by atoms with Crippen LogP contribution in [-0.4, -0.2) is 50.5 Å². The van der Waals surface area contributed by atoms with Gasteiger partial charge in [0.05, 0.1) is 42.4 Å². The quantitative estimate of drug-likeness (QED) is 0.237. The lowest BCUT2D eigenvalue weighted by Gasteiger charge is -2.22. The third-order valence-corrected chi connectivity index (χ3v) is 6.83. The van der Waals surface area contributed by atoms with Crippen molar-refractivity contribution in [3.05, 3.63) is 94.0 Å². The summed E-state index contributed by atoms with van der Waals surface area (Å²) in [6.07, 6.45) is 1.13. The average molecular weight is 513 g/mol. The first-order valence-electron chi connectivity index (χ1n) is 10.6. The zero-order valence-electron chi connectivity index (χ0n) is 19.5. The topological polar surface area (TPSA) is 140 Å². The van der Waals surface area contributed by atoms with Crippen LogP contribution >= 0.6 is 0 Å². The van der Waals surface area contributed by atoms with Gasteiger partial charge >= 0.3 is 0 Å². The van der Waals surface area contributed by atoms with Gasteiger partial charge in [0.2, 0.25) is 10.0 Å². The summed E-state index contributed by atoms with van der Waals surface area (Å²) in [5.74, 6) is -0.158. The van der Waals surface area contributed by atoms with Gasteiger partial charge < -0.3 is 9.47 Å². The van der Waals surface area contributed by atoms with Crippen LogP contribution in [0.4, 0.5) is 5.69 Å². The minimum atomic E-state index is -4.15. The molecule has 0 bridgehead atoms.